The zero-order valence-corrected chi connectivity index (χ0v) is 24.2. The molecule has 2 aliphatic rings. The molecule has 1 aliphatic carbocycles. The molecule has 0 saturated carbocycles. The van der Waals surface area contributed by atoms with Gasteiger partial charge in [-0.15, -0.1) is 0 Å². The molecule has 0 amide bonds. The van der Waals surface area contributed by atoms with Crippen LogP contribution in [0.4, 0.5) is 0 Å². The third kappa shape index (κ3) is 4.92. The molecule has 34 heavy (non-hydrogen) atoms. The first-order valence-corrected chi connectivity index (χ1v) is 11.7. The average Bonchev–Trinajstić information content (AvgIpc) is 3.06. The Labute approximate surface area is 237 Å². The van der Waals surface area contributed by atoms with Gasteiger partial charge in [-0.25, -0.2) is 4.57 Å². The molecule has 1 N–H and O–H groups in total. The van der Waals surface area contributed by atoms with Gasteiger partial charge in [0.15, 0.2) is 12.4 Å². The van der Waals surface area contributed by atoms with Crippen molar-refractivity contribution in [2.75, 3.05) is 20.1 Å². The first-order valence-electron chi connectivity index (χ1n) is 11.7. The van der Waals surface area contributed by atoms with Gasteiger partial charge in [0.2, 0.25) is 0 Å². The van der Waals surface area contributed by atoms with Crippen molar-refractivity contribution in [3.05, 3.63) is 89.7 Å². The Balaban J connectivity index is 0.00000162. The van der Waals surface area contributed by atoms with E-state index in [2.05, 4.69) is 67.2 Å². The third-order valence-corrected chi connectivity index (χ3v) is 7.44. The summed E-state index contributed by atoms with van der Waals surface area (Å²) >= 11 is 0. The summed E-state index contributed by atoms with van der Waals surface area (Å²) in [4.78, 5) is 0. The predicted octanol–water partition coefficient (Wildman–Crippen LogP) is -1.50. The number of aliphatic hydroxyl groups is 1. The molecule has 1 aliphatic heterocycles. The van der Waals surface area contributed by atoms with Gasteiger partial charge in [0, 0.05) is 18.9 Å². The normalized spacial score (nSPS) is 21.7. The largest absolute Gasteiger partial charge is 1.00 e. The minimum Gasteiger partial charge on any atom is -1.00 e. The van der Waals surface area contributed by atoms with Crippen LogP contribution in [0.5, 0.6) is 0 Å². The Bertz CT molecular complexity index is 1170. The highest BCUT2D eigenvalue weighted by molar-refractivity contribution is 5.80. The van der Waals surface area contributed by atoms with Crippen molar-refractivity contribution in [1.29, 1.82) is 0 Å². The molecular formula is C29H32I2N2O. The summed E-state index contributed by atoms with van der Waals surface area (Å²) < 4.78 is 3.09. The van der Waals surface area contributed by atoms with Gasteiger partial charge in [0.1, 0.15) is 25.2 Å². The highest BCUT2D eigenvalue weighted by Crippen LogP contribution is 2.48. The van der Waals surface area contributed by atoms with E-state index in [1.54, 1.807) is 0 Å². The van der Waals surface area contributed by atoms with Gasteiger partial charge in [-0.3, -0.25) is 0 Å². The van der Waals surface area contributed by atoms with Gasteiger partial charge in [0.25, 0.3) is 0 Å². The van der Waals surface area contributed by atoms with Crippen LogP contribution in [0.3, 0.4) is 0 Å². The van der Waals surface area contributed by atoms with Crippen LogP contribution < -0.4 is 52.5 Å². The summed E-state index contributed by atoms with van der Waals surface area (Å²) in [6.07, 6.45) is 8.50. The van der Waals surface area contributed by atoms with E-state index in [1.807, 2.05) is 36.4 Å². The maximum Gasteiger partial charge on any atom is 0.177 e. The quantitative estimate of drug-likeness (QED) is 0.155. The molecule has 2 heterocycles. The van der Waals surface area contributed by atoms with Gasteiger partial charge in [-0.05, 0) is 47.1 Å². The maximum absolute atomic E-state index is 11.7. The molecule has 2 unspecified atom stereocenters. The van der Waals surface area contributed by atoms with Crippen LogP contribution in [0.2, 0.25) is 0 Å². The zero-order chi connectivity index (χ0) is 22.2. The van der Waals surface area contributed by atoms with Crippen LogP contribution in [0.25, 0.3) is 11.1 Å². The van der Waals surface area contributed by atoms with Crippen molar-refractivity contribution in [2.45, 2.75) is 37.3 Å². The van der Waals surface area contributed by atoms with Gasteiger partial charge in [-0.2, -0.15) is 0 Å². The number of rotatable bonds is 3. The Hall–Kier alpha value is -1.47. The number of aryl methyl sites for hydroxylation is 1. The molecule has 178 valence electrons. The summed E-state index contributed by atoms with van der Waals surface area (Å²) in [5, 5.41) is 11.7. The summed E-state index contributed by atoms with van der Waals surface area (Å²) in [6, 6.07) is 21.3. The van der Waals surface area contributed by atoms with Crippen molar-refractivity contribution < 1.29 is 62.1 Å². The second kappa shape index (κ2) is 11.1. The molecule has 0 spiro atoms. The highest BCUT2D eigenvalue weighted by Gasteiger charge is 2.41. The Morgan fingerprint density at radius 2 is 1.59 bits per heavy atom. The molecular weight excluding hydrogens is 646 g/mol. The number of hydrogen-bond donors (Lipinski definition) is 1. The molecule has 3 nitrogen and oxygen atoms in total. The topological polar surface area (TPSA) is 24.1 Å². The number of hydrogen-bond acceptors (Lipinski definition) is 1. The molecule has 5 heteroatoms. The van der Waals surface area contributed by atoms with Crippen molar-refractivity contribution in [2.24, 2.45) is 7.05 Å². The molecule has 2 atom stereocenters. The second-order valence-electron chi connectivity index (χ2n) is 9.66. The van der Waals surface area contributed by atoms with Crippen molar-refractivity contribution in [3.8, 4) is 23.0 Å². The van der Waals surface area contributed by atoms with E-state index in [-0.39, 0.29) is 48.0 Å². The molecule has 0 radical (unpaired) electrons. The number of pyridine rings is 1. The van der Waals surface area contributed by atoms with Crippen LogP contribution >= 0.6 is 0 Å². The maximum atomic E-state index is 11.7. The van der Waals surface area contributed by atoms with E-state index in [1.165, 1.54) is 24.8 Å². The number of quaternary nitrogens is 1. The SMILES string of the molecule is C[n+]1cccc(C2CCCC[N+]2(C)CC#CCC2(O)c3ccccc3-c3ccccc32)c1.[I-].[I-]. The lowest BCUT2D eigenvalue weighted by molar-refractivity contribution is -0.938. The van der Waals surface area contributed by atoms with Crippen LogP contribution in [-0.2, 0) is 12.6 Å². The third-order valence-electron chi connectivity index (χ3n) is 7.44. The van der Waals surface area contributed by atoms with E-state index in [9.17, 15) is 5.11 Å². The average molecular weight is 678 g/mol. The number of nitrogens with zero attached hydrogens (tertiary/aromatic N) is 2. The van der Waals surface area contributed by atoms with Crippen LogP contribution in [0, 0.1) is 11.8 Å². The van der Waals surface area contributed by atoms with Gasteiger partial charge >= 0.3 is 0 Å². The first kappa shape index (κ1) is 27.1. The lowest BCUT2D eigenvalue weighted by Gasteiger charge is -2.43. The lowest BCUT2D eigenvalue weighted by Crippen LogP contribution is -3.00. The number of benzene rings is 2. The summed E-state index contributed by atoms with van der Waals surface area (Å²) in [7, 11) is 4.44. The summed E-state index contributed by atoms with van der Waals surface area (Å²) in [5.74, 6) is 6.86. The Morgan fingerprint density at radius 1 is 0.941 bits per heavy atom. The van der Waals surface area contributed by atoms with Crippen molar-refractivity contribution in [1.82, 2.24) is 0 Å². The number of aromatic nitrogens is 1. The molecule has 1 aromatic heterocycles. The van der Waals surface area contributed by atoms with Crippen molar-refractivity contribution >= 4 is 0 Å². The smallest absolute Gasteiger partial charge is 0.177 e. The van der Waals surface area contributed by atoms with E-state index in [4.69, 9.17) is 0 Å². The molecule has 1 fully saturated rings. The molecule has 1 saturated heterocycles. The fourth-order valence-corrected chi connectivity index (χ4v) is 5.72. The summed E-state index contributed by atoms with van der Waals surface area (Å²) in [6.45, 7) is 1.95. The zero-order valence-electron chi connectivity index (χ0n) is 19.8. The van der Waals surface area contributed by atoms with Gasteiger partial charge in [0.05, 0.1) is 19.2 Å². The number of likely N-dealkylation sites (tertiary alicyclic amines) is 1. The van der Waals surface area contributed by atoms with Crippen LogP contribution in [0.1, 0.15) is 48.4 Å². The van der Waals surface area contributed by atoms with Crippen LogP contribution in [0.15, 0.2) is 73.1 Å². The van der Waals surface area contributed by atoms with E-state index >= 15 is 0 Å². The molecule has 0 bridgehead atoms. The van der Waals surface area contributed by atoms with E-state index < -0.39 is 5.60 Å². The minimum absolute atomic E-state index is 0. The Morgan fingerprint density at radius 3 is 2.24 bits per heavy atom. The number of piperidine rings is 1. The highest BCUT2D eigenvalue weighted by atomic mass is 127. The monoisotopic (exact) mass is 678 g/mol. The Kier molecular flexibility index (Phi) is 8.83. The molecule has 2 aromatic carbocycles. The van der Waals surface area contributed by atoms with Crippen LogP contribution in [-0.4, -0.2) is 29.7 Å². The second-order valence-corrected chi connectivity index (χ2v) is 9.66. The van der Waals surface area contributed by atoms with E-state index in [0.717, 1.165) is 39.8 Å². The number of halogens is 2. The summed E-state index contributed by atoms with van der Waals surface area (Å²) in [5.41, 5.74) is 4.56. The minimum atomic E-state index is -1.03. The lowest BCUT2D eigenvalue weighted by atomic mass is 9.88. The molecule has 5 rings (SSSR count). The predicted molar refractivity (Wildman–Crippen MR) is 127 cm³/mol. The standard InChI is InChI=1S/C29H32N2O.2HI/c1-30-19-11-12-23(22-30)28-17-7-9-20-31(28,2)21-10-8-18-29(32)26-15-5-3-13-24(26)25-14-4-6-16-27(25)29;;/h3-6,11-16,19,22,28,32H,7,9,17-18,20-21H2,1-2H3;2*1H/q+2;;/p-2. The first-order chi connectivity index (χ1) is 15.5. The van der Waals surface area contributed by atoms with Crippen molar-refractivity contribution in [3.63, 3.8) is 0 Å². The fraction of sp³-hybridized carbons (Fsp3) is 0.345. The number of fused-ring (bicyclic) bond motifs is 3. The van der Waals surface area contributed by atoms with Gasteiger partial charge in [-0.1, -0.05) is 54.5 Å². The molecule has 3 aromatic rings. The van der Waals surface area contributed by atoms with Gasteiger partial charge < -0.3 is 57.5 Å². The van der Waals surface area contributed by atoms with E-state index in [0.29, 0.717) is 12.5 Å². The fourth-order valence-electron chi connectivity index (χ4n) is 5.72.